The second kappa shape index (κ2) is 6.56. The summed E-state index contributed by atoms with van der Waals surface area (Å²) >= 11 is 17.9. The molecule has 0 saturated heterocycles. The molecule has 0 bridgehead atoms. The molecule has 0 N–H and O–H groups in total. The van der Waals surface area contributed by atoms with Gasteiger partial charge < -0.3 is 9.47 Å². The first kappa shape index (κ1) is 16.0. The molecule has 2 rings (SSSR count). The number of hydrogen-bond donors (Lipinski definition) is 0. The SMILES string of the molecule is COc1cccc(Oc2cc(Cl)c(Cl)cc2Cl)c1C(C)=O. The lowest BCUT2D eigenvalue weighted by molar-refractivity contribution is 0.101. The zero-order valence-corrected chi connectivity index (χ0v) is 13.5. The number of benzene rings is 2. The highest BCUT2D eigenvalue weighted by molar-refractivity contribution is 6.43. The van der Waals surface area contributed by atoms with Gasteiger partial charge in [-0.25, -0.2) is 0 Å². The van der Waals surface area contributed by atoms with Crippen molar-refractivity contribution in [2.24, 2.45) is 0 Å². The van der Waals surface area contributed by atoms with Gasteiger partial charge in [-0.3, -0.25) is 4.79 Å². The minimum atomic E-state index is -0.182. The zero-order valence-electron chi connectivity index (χ0n) is 11.2. The van der Waals surface area contributed by atoms with Crippen LogP contribution in [0.3, 0.4) is 0 Å². The van der Waals surface area contributed by atoms with Crippen molar-refractivity contribution in [2.45, 2.75) is 6.92 Å². The monoisotopic (exact) mass is 344 g/mol. The second-order valence-corrected chi connectivity index (χ2v) is 5.41. The Morgan fingerprint density at radius 1 is 0.952 bits per heavy atom. The third kappa shape index (κ3) is 3.43. The molecule has 0 radical (unpaired) electrons. The van der Waals surface area contributed by atoms with Crippen molar-refractivity contribution in [1.29, 1.82) is 0 Å². The summed E-state index contributed by atoms with van der Waals surface area (Å²) in [5.41, 5.74) is 0.335. The van der Waals surface area contributed by atoms with Crippen LogP contribution in [0.4, 0.5) is 0 Å². The largest absolute Gasteiger partial charge is 0.496 e. The number of rotatable bonds is 4. The van der Waals surface area contributed by atoms with E-state index in [2.05, 4.69) is 0 Å². The highest BCUT2D eigenvalue weighted by Gasteiger charge is 2.17. The third-order valence-corrected chi connectivity index (χ3v) is 3.77. The van der Waals surface area contributed by atoms with Crippen LogP contribution in [-0.4, -0.2) is 12.9 Å². The lowest BCUT2D eigenvalue weighted by atomic mass is 10.1. The van der Waals surface area contributed by atoms with E-state index in [0.717, 1.165) is 0 Å². The van der Waals surface area contributed by atoms with Crippen LogP contribution in [0.5, 0.6) is 17.2 Å². The van der Waals surface area contributed by atoms with E-state index in [0.29, 0.717) is 37.9 Å². The van der Waals surface area contributed by atoms with Gasteiger partial charge in [0.1, 0.15) is 22.8 Å². The van der Waals surface area contributed by atoms with E-state index >= 15 is 0 Å². The molecule has 0 amide bonds. The van der Waals surface area contributed by atoms with Crippen LogP contribution < -0.4 is 9.47 Å². The summed E-state index contributed by atoms with van der Waals surface area (Å²) in [6.07, 6.45) is 0. The molecule has 0 unspecified atom stereocenters. The average Bonchev–Trinajstić information content (AvgIpc) is 2.44. The fourth-order valence-corrected chi connectivity index (χ4v) is 2.39. The molecule has 110 valence electrons. The van der Waals surface area contributed by atoms with Crippen molar-refractivity contribution in [3.63, 3.8) is 0 Å². The summed E-state index contributed by atoms with van der Waals surface area (Å²) in [6, 6.07) is 8.02. The Labute approximate surface area is 137 Å². The molecule has 3 nitrogen and oxygen atoms in total. The number of hydrogen-bond acceptors (Lipinski definition) is 3. The van der Waals surface area contributed by atoms with E-state index in [9.17, 15) is 4.79 Å². The maximum atomic E-state index is 11.8. The van der Waals surface area contributed by atoms with E-state index < -0.39 is 0 Å². The van der Waals surface area contributed by atoms with Crippen LogP contribution >= 0.6 is 34.8 Å². The van der Waals surface area contributed by atoms with Gasteiger partial charge >= 0.3 is 0 Å². The van der Waals surface area contributed by atoms with Crippen molar-refractivity contribution >= 4 is 40.6 Å². The molecule has 2 aromatic carbocycles. The lowest BCUT2D eigenvalue weighted by Gasteiger charge is -2.14. The molecule has 0 saturated carbocycles. The zero-order chi connectivity index (χ0) is 15.6. The van der Waals surface area contributed by atoms with Crippen LogP contribution in [0.1, 0.15) is 17.3 Å². The summed E-state index contributed by atoms with van der Waals surface area (Å²) in [7, 11) is 1.48. The number of halogens is 3. The van der Waals surface area contributed by atoms with Gasteiger partial charge in [0.2, 0.25) is 0 Å². The molecular weight excluding hydrogens is 335 g/mol. The first-order chi connectivity index (χ1) is 9.93. The number of methoxy groups -OCH3 is 1. The molecule has 0 atom stereocenters. The predicted molar refractivity (Wildman–Crippen MR) is 84.5 cm³/mol. The number of ketones is 1. The van der Waals surface area contributed by atoms with Crippen LogP contribution in [0, 0.1) is 0 Å². The Kier molecular flexibility index (Phi) is 4.99. The van der Waals surface area contributed by atoms with Crippen LogP contribution in [0.25, 0.3) is 0 Å². The minimum Gasteiger partial charge on any atom is -0.496 e. The summed E-state index contributed by atoms with van der Waals surface area (Å²) in [6.45, 7) is 1.43. The Morgan fingerprint density at radius 2 is 1.57 bits per heavy atom. The van der Waals surface area contributed by atoms with Crippen molar-refractivity contribution in [3.8, 4) is 17.2 Å². The molecule has 0 fully saturated rings. The number of Topliss-reactive ketones (excluding diaryl/α,β-unsaturated/α-hetero) is 1. The van der Waals surface area contributed by atoms with Gasteiger partial charge in [0.05, 0.1) is 22.2 Å². The first-order valence-corrected chi connectivity index (χ1v) is 7.07. The molecule has 0 aliphatic heterocycles. The molecule has 21 heavy (non-hydrogen) atoms. The van der Waals surface area contributed by atoms with Crippen molar-refractivity contribution in [1.82, 2.24) is 0 Å². The summed E-state index contributed by atoms with van der Waals surface area (Å²) in [5.74, 6) is 0.888. The highest BCUT2D eigenvalue weighted by Crippen LogP contribution is 2.39. The van der Waals surface area contributed by atoms with Crippen molar-refractivity contribution < 1.29 is 14.3 Å². The lowest BCUT2D eigenvalue weighted by Crippen LogP contribution is -2.01. The van der Waals surface area contributed by atoms with Gasteiger partial charge in [-0.05, 0) is 25.1 Å². The standard InChI is InChI=1S/C15H11Cl3O3/c1-8(19)15-12(20-2)4-3-5-13(15)21-14-7-10(17)9(16)6-11(14)18/h3-7H,1-2H3. The van der Waals surface area contributed by atoms with Gasteiger partial charge in [-0.1, -0.05) is 40.9 Å². The first-order valence-electron chi connectivity index (χ1n) is 5.94. The number of carbonyl (C=O) groups excluding carboxylic acids is 1. The Balaban J connectivity index is 2.49. The fraction of sp³-hybridized carbons (Fsp3) is 0.133. The maximum Gasteiger partial charge on any atom is 0.167 e. The third-order valence-electron chi connectivity index (χ3n) is 2.75. The number of carbonyl (C=O) groups is 1. The topological polar surface area (TPSA) is 35.5 Å². The van der Waals surface area contributed by atoms with E-state index in [4.69, 9.17) is 44.3 Å². The van der Waals surface area contributed by atoms with E-state index in [1.165, 1.54) is 26.2 Å². The van der Waals surface area contributed by atoms with E-state index in [1.54, 1.807) is 18.2 Å². The quantitative estimate of drug-likeness (QED) is 0.530. The maximum absolute atomic E-state index is 11.8. The molecule has 0 spiro atoms. The number of ether oxygens (including phenoxy) is 2. The Morgan fingerprint density at radius 3 is 2.19 bits per heavy atom. The molecule has 0 aliphatic rings. The summed E-state index contributed by atoms with van der Waals surface area (Å²) in [5, 5.41) is 0.927. The van der Waals surface area contributed by atoms with E-state index in [-0.39, 0.29) is 5.78 Å². The van der Waals surface area contributed by atoms with Gasteiger partial charge in [0.15, 0.2) is 5.78 Å². The minimum absolute atomic E-state index is 0.182. The van der Waals surface area contributed by atoms with E-state index in [1.807, 2.05) is 0 Å². The van der Waals surface area contributed by atoms with Crippen LogP contribution in [-0.2, 0) is 0 Å². The molecule has 2 aromatic rings. The molecule has 0 aromatic heterocycles. The molecular formula is C15H11Cl3O3. The fourth-order valence-electron chi connectivity index (χ4n) is 1.81. The van der Waals surface area contributed by atoms with Crippen LogP contribution in [0.2, 0.25) is 15.1 Å². The van der Waals surface area contributed by atoms with Crippen molar-refractivity contribution in [2.75, 3.05) is 7.11 Å². The normalized spacial score (nSPS) is 10.3. The van der Waals surface area contributed by atoms with Crippen LogP contribution in [0.15, 0.2) is 30.3 Å². The second-order valence-electron chi connectivity index (χ2n) is 4.19. The summed E-state index contributed by atoms with van der Waals surface area (Å²) in [4.78, 5) is 11.8. The van der Waals surface area contributed by atoms with Crippen molar-refractivity contribution in [3.05, 3.63) is 51.0 Å². The molecule has 0 heterocycles. The van der Waals surface area contributed by atoms with Gasteiger partial charge in [0.25, 0.3) is 0 Å². The predicted octanol–water partition coefficient (Wildman–Crippen LogP) is 5.65. The molecule has 6 heteroatoms. The average molecular weight is 346 g/mol. The Hall–Kier alpha value is -1.42. The smallest absolute Gasteiger partial charge is 0.167 e. The molecule has 0 aliphatic carbocycles. The van der Waals surface area contributed by atoms with Gasteiger partial charge in [-0.2, -0.15) is 0 Å². The van der Waals surface area contributed by atoms with Gasteiger partial charge in [0, 0.05) is 6.07 Å². The Bertz CT molecular complexity index is 699. The summed E-state index contributed by atoms with van der Waals surface area (Å²) < 4.78 is 10.9. The highest BCUT2D eigenvalue weighted by atomic mass is 35.5. The van der Waals surface area contributed by atoms with Gasteiger partial charge in [-0.15, -0.1) is 0 Å².